The number of benzene rings is 2. The van der Waals surface area contributed by atoms with Crippen LogP contribution in [0, 0.1) is 13.8 Å². The zero-order valence-corrected chi connectivity index (χ0v) is 16.5. The van der Waals surface area contributed by atoms with Gasteiger partial charge in [-0.05, 0) is 68.3 Å². The van der Waals surface area contributed by atoms with Crippen LogP contribution in [-0.4, -0.2) is 24.5 Å². The van der Waals surface area contributed by atoms with E-state index in [1.807, 2.05) is 26.8 Å². The molecule has 0 saturated carbocycles. The normalized spacial score (nSPS) is 15.8. The Morgan fingerprint density at radius 2 is 1.82 bits per heavy atom. The molecule has 1 fully saturated rings. The summed E-state index contributed by atoms with van der Waals surface area (Å²) in [6.07, 6.45) is 1.38. The summed E-state index contributed by atoms with van der Waals surface area (Å²) in [5.41, 5.74) is 2.64. The van der Waals surface area contributed by atoms with Crippen LogP contribution in [0.2, 0.25) is 5.02 Å². The molecule has 28 heavy (non-hydrogen) atoms. The largest absolute Gasteiger partial charge is 0.493 e. The molecule has 0 aromatic heterocycles. The van der Waals surface area contributed by atoms with E-state index in [-0.39, 0.29) is 5.57 Å². The van der Waals surface area contributed by atoms with E-state index in [4.69, 9.17) is 16.3 Å². The van der Waals surface area contributed by atoms with Crippen molar-refractivity contribution in [2.45, 2.75) is 20.8 Å². The number of aryl methyl sites for hydroxylation is 2. The highest BCUT2D eigenvalue weighted by atomic mass is 35.5. The topological polar surface area (TPSA) is 75.7 Å². The Balaban J connectivity index is 2.06. The van der Waals surface area contributed by atoms with Gasteiger partial charge in [0.05, 0.1) is 12.3 Å². The highest BCUT2D eigenvalue weighted by Crippen LogP contribution is 2.28. The van der Waals surface area contributed by atoms with Crippen molar-refractivity contribution in [3.63, 3.8) is 0 Å². The first kappa shape index (κ1) is 19.6. The number of amides is 4. The van der Waals surface area contributed by atoms with Crippen LogP contribution in [0.3, 0.4) is 0 Å². The van der Waals surface area contributed by atoms with Gasteiger partial charge in [0, 0.05) is 10.6 Å². The standard InChI is InChI=1S/C21H19ClN2O4/c1-4-28-18-8-6-15(22)10-14(18)11-17-19(25)23-21(27)24(20(17)26)16-7-5-12(2)13(3)9-16/h5-11H,4H2,1-3H3,(H,23,25,27)/b17-11+. The fraction of sp³-hybridized carbons (Fsp3) is 0.190. The third-order valence-corrected chi connectivity index (χ3v) is 4.66. The Bertz CT molecular complexity index is 1010. The maximum atomic E-state index is 13.0. The second-order valence-corrected chi connectivity index (χ2v) is 6.78. The Morgan fingerprint density at radius 1 is 1.07 bits per heavy atom. The van der Waals surface area contributed by atoms with Gasteiger partial charge in [-0.3, -0.25) is 14.9 Å². The first-order chi connectivity index (χ1) is 13.3. The highest BCUT2D eigenvalue weighted by Gasteiger charge is 2.37. The minimum Gasteiger partial charge on any atom is -0.493 e. The van der Waals surface area contributed by atoms with Crippen LogP contribution >= 0.6 is 11.6 Å². The number of ether oxygens (including phenoxy) is 1. The maximum absolute atomic E-state index is 13.0. The Hall–Kier alpha value is -3.12. The van der Waals surface area contributed by atoms with Crippen molar-refractivity contribution in [3.8, 4) is 5.75 Å². The number of rotatable bonds is 4. The lowest BCUT2D eigenvalue weighted by Crippen LogP contribution is -2.54. The van der Waals surface area contributed by atoms with Gasteiger partial charge in [0.15, 0.2) is 0 Å². The number of urea groups is 1. The minimum absolute atomic E-state index is 0.180. The van der Waals surface area contributed by atoms with Crippen LogP contribution in [0.4, 0.5) is 10.5 Å². The summed E-state index contributed by atoms with van der Waals surface area (Å²) in [6.45, 7) is 6.04. The number of halogens is 1. The first-order valence-electron chi connectivity index (χ1n) is 8.73. The van der Waals surface area contributed by atoms with Gasteiger partial charge in [-0.1, -0.05) is 17.7 Å². The molecular formula is C21H19ClN2O4. The maximum Gasteiger partial charge on any atom is 0.335 e. The van der Waals surface area contributed by atoms with Crippen LogP contribution in [0.25, 0.3) is 6.08 Å². The zero-order chi connectivity index (χ0) is 20.4. The van der Waals surface area contributed by atoms with Gasteiger partial charge in [-0.15, -0.1) is 0 Å². The van der Waals surface area contributed by atoms with E-state index in [1.54, 1.807) is 30.3 Å². The summed E-state index contributed by atoms with van der Waals surface area (Å²) < 4.78 is 5.54. The Morgan fingerprint density at radius 3 is 2.50 bits per heavy atom. The molecule has 0 unspecified atom stereocenters. The van der Waals surface area contributed by atoms with E-state index < -0.39 is 17.8 Å². The van der Waals surface area contributed by atoms with Crippen molar-refractivity contribution in [2.24, 2.45) is 0 Å². The molecule has 0 spiro atoms. The van der Waals surface area contributed by atoms with Crippen molar-refractivity contribution < 1.29 is 19.1 Å². The van der Waals surface area contributed by atoms with Crippen molar-refractivity contribution in [1.82, 2.24) is 5.32 Å². The minimum atomic E-state index is -0.786. The van der Waals surface area contributed by atoms with E-state index in [0.717, 1.165) is 16.0 Å². The third kappa shape index (κ3) is 3.77. The molecule has 1 saturated heterocycles. The molecule has 3 rings (SSSR count). The molecule has 2 aromatic rings. The van der Waals surface area contributed by atoms with Crippen LogP contribution in [-0.2, 0) is 9.59 Å². The molecule has 2 aromatic carbocycles. The van der Waals surface area contributed by atoms with Crippen molar-refractivity contribution in [1.29, 1.82) is 0 Å². The van der Waals surface area contributed by atoms with Gasteiger partial charge < -0.3 is 4.74 Å². The van der Waals surface area contributed by atoms with Gasteiger partial charge in [0.2, 0.25) is 0 Å². The van der Waals surface area contributed by atoms with E-state index in [9.17, 15) is 14.4 Å². The van der Waals surface area contributed by atoms with Gasteiger partial charge in [-0.25, -0.2) is 9.69 Å². The molecule has 7 heteroatoms. The van der Waals surface area contributed by atoms with E-state index in [2.05, 4.69) is 5.32 Å². The number of hydrogen-bond donors (Lipinski definition) is 1. The smallest absolute Gasteiger partial charge is 0.335 e. The van der Waals surface area contributed by atoms with Gasteiger partial charge >= 0.3 is 6.03 Å². The van der Waals surface area contributed by atoms with Crippen LogP contribution in [0.15, 0.2) is 42.0 Å². The first-order valence-corrected chi connectivity index (χ1v) is 9.10. The number of nitrogens with zero attached hydrogens (tertiary/aromatic N) is 1. The summed E-state index contributed by atoms with van der Waals surface area (Å²) in [7, 11) is 0. The van der Waals surface area contributed by atoms with Crippen molar-refractivity contribution in [3.05, 3.63) is 63.7 Å². The third-order valence-electron chi connectivity index (χ3n) is 4.42. The molecule has 0 radical (unpaired) electrons. The Labute approximate surface area is 167 Å². The van der Waals surface area contributed by atoms with Crippen LogP contribution < -0.4 is 15.0 Å². The number of hydrogen-bond acceptors (Lipinski definition) is 4. The number of nitrogens with one attached hydrogen (secondary N) is 1. The van der Waals surface area contributed by atoms with Gasteiger partial charge in [-0.2, -0.15) is 0 Å². The fourth-order valence-electron chi connectivity index (χ4n) is 2.83. The quantitative estimate of drug-likeness (QED) is 0.623. The number of barbiturate groups is 1. The molecule has 0 aliphatic carbocycles. The molecule has 1 heterocycles. The molecule has 1 aliphatic heterocycles. The Kier molecular flexibility index (Phi) is 5.51. The molecule has 1 aliphatic rings. The fourth-order valence-corrected chi connectivity index (χ4v) is 3.01. The molecule has 6 nitrogen and oxygen atoms in total. The molecule has 0 bridgehead atoms. The number of carbonyl (C=O) groups is 3. The molecule has 144 valence electrons. The lowest BCUT2D eigenvalue weighted by molar-refractivity contribution is -0.122. The highest BCUT2D eigenvalue weighted by molar-refractivity contribution is 6.39. The summed E-state index contributed by atoms with van der Waals surface area (Å²) in [5, 5.41) is 2.65. The van der Waals surface area contributed by atoms with Gasteiger partial charge in [0.1, 0.15) is 11.3 Å². The summed E-state index contributed by atoms with van der Waals surface area (Å²) in [6, 6.07) is 9.33. The lowest BCUT2D eigenvalue weighted by atomic mass is 10.0. The SMILES string of the molecule is CCOc1ccc(Cl)cc1/C=C1\C(=O)NC(=O)N(c2ccc(C)c(C)c2)C1=O. The van der Waals surface area contributed by atoms with E-state index >= 15 is 0 Å². The van der Waals surface area contributed by atoms with Crippen molar-refractivity contribution >= 4 is 41.2 Å². The predicted octanol–water partition coefficient (Wildman–Crippen LogP) is 4.02. The zero-order valence-electron chi connectivity index (χ0n) is 15.7. The van der Waals surface area contributed by atoms with Gasteiger partial charge in [0.25, 0.3) is 11.8 Å². The van der Waals surface area contributed by atoms with E-state index in [0.29, 0.717) is 28.6 Å². The average Bonchev–Trinajstić information content (AvgIpc) is 2.63. The summed E-state index contributed by atoms with van der Waals surface area (Å²) in [5.74, 6) is -0.994. The summed E-state index contributed by atoms with van der Waals surface area (Å²) in [4.78, 5) is 38.6. The number of imide groups is 2. The van der Waals surface area contributed by atoms with Crippen LogP contribution in [0.1, 0.15) is 23.6 Å². The lowest BCUT2D eigenvalue weighted by Gasteiger charge is -2.27. The molecular weight excluding hydrogens is 380 g/mol. The second kappa shape index (κ2) is 7.86. The molecule has 0 atom stereocenters. The predicted molar refractivity (Wildman–Crippen MR) is 108 cm³/mol. The van der Waals surface area contributed by atoms with Crippen molar-refractivity contribution in [2.75, 3.05) is 11.5 Å². The summed E-state index contributed by atoms with van der Waals surface area (Å²) >= 11 is 6.05. The monoisotopic (exact) mass is 398 g/mol. The molecule has 1 N–H and O–H groups in total. The number of carbonyl (C=O) groups excluding carboxylic acids is 3. The number of anilines is 1. The second-order valence-electron chi connectivity index (χ2n) is 6.34. The van der Waals surface area contributed by atoms with E-state index in [1.165, 1.54) is 6.08 Å². The average molecular weight is 399 g/mol. The molecule has 4 amide bonds. The van der Waals surface area contributed by atoms with Crippen LogP contribution in [0.5, 0.6) is 5.75 Å².